The predicted octanol–water partition coefficient (Wildman–Crippen LogP) is 4.48. The smallest absolute Gasteiger partial charge is 0.410 e. The van der Waals surface area contributed by atoms with Crippen LogP contribution in [0.1, 0.15) is 12.2 Å². The highest BCUT2D eigenvalue weighted by atomic mass is 35.5. The van der Waals surface area contributed by atoms with Gasteiger partial charge < -0.3 is 19.4 Å². The molecule has 0 unspecified atom stereocenters. The largest absolute Gasteiger partial charge is 0.460 e. The van der Waals surface area contributed by atoms with Crippen molar-refractivity contribution >= 4 is 23.6 Å². The van der Waals surface area contributed by atoms with Crippen LogP contribution in [0.3, 0.4) is 0 Å². The van der Waals surface area contributed by atoms with E-state index in [2.05, 4.69) is 6.58 Å². The number of nitrogens with one attached hydrogen (secondary N) is 1. The summed E-state index contributed by atoms with van der Waals surface area (Å²) < 4.78 is 48.4. The Labute approximate surface area is 200 Å². The van der Waals surface area contributed by atoms with Gasteiger partial charge in [-0.15, -0.1) is 0 Å². The maximum absolute atomic E-state index is 12.5. The van der Waals surface area contributed by atoms with Gasteiger partial charge in [-0.25, -0.2) is 4.79 Å². The van der Waals surface area contributed by atoms with Gasteiger partial charge in [0, 0.05) is 36.6 Å². The van der Waals surface area contributed by atoms with Crippen molar-refractivity contribution in [2.75, 3.05) is 32.8 Å². The number of amides is 2. The Morgan fingerprint density at radius 1 is 1.21 bits per heavy atom. The van der Waals surface area contributed by atoms with Gasteiger partial charge in [-0.2, -0.15) is 13.2 Å². The van der Waals surface area contributed by atoms with E-state index in [4.69, 9.17) is 20.8 Å². The molecule has 7 nitrogen and oxygen atoms in total. The molecular formula is C23H25ClF3N3O4. The first-order valence-electron chi connectivity index (χ1n) is 10.6. The molecule has 1 N–H and O–H groups in total. The fourth-order valence-corrected chi connectivity index (χ4v) is 3.76. The number of nitrogens with zero attached hydrogens (tertiary/aromatic N) is 2. The highest BCUT2D eigenvalue weighted by molar-refractivity contribution is 6.30. The third kappa shape index (κ3) is 7.53. The van der Waals surface area contributed by atoms with E-state index < -0.39 is 30.8 Å². The van der Waals surface area contributed by atoms with Crippen molar-refractivity contribution < 1.29 is 31.9 Å². The molecule has 0 aliphatic carbocycles. The van der Waals surface area contributed by atoms with E-state index in [0.29, 0.717) is 29.6 Å². The first-order chi connectivity index (χ1) is 16.1. The second kappa shape index (κ2) is 11.4. The minimum Gasteiger partial charge on any atom is -0.460 e. The van der Waals surface area contributed by atoms with E-state index in [9.17, 15) is 22.8 Å². The number of carbonyl (C=O) groups is 2. The molecule has 1 aliphatic rings. The van der Waals surface area contributed by atoms with Crippen molar-refractivity contribution in [2.45, 2.75) is 25.2 Å². The molecule has 34 heavy (non-hydrogen) atoms. The Bertz CT molecular complexity index is 994. The Kier molecular flexibility index (Phi) is 8.62. The molecule has 1 aliphatic heterocycles. The molecule has 2 heterocycles. The predicted molar refractivity (Wildman–Crippen MR) is 120 cm³/mol. The lowest BCUT2D eigenvalue weighted by atomic mass is 10.1. The zero-order chi connectivity index (χ0) is 24.7. The Morgan fingerprint density at radius 3 is 2.62 bits per heavy atom. The topological polar surface area (TPSA) is 75.0 Å². The van der Waals surface area contributed by atoms with Gasteiger partial charge in [-0.05, 0) is 36.4 Å². The normalized spacial score (nSPS) is 16.8. The Balaban J connectivity index is 1.65. The molecule has 0 radical (unpaired) electrons. The van der Waals surface area contributed by atoms with E-state index in [0.717, 1.165) is 5.56 Å². The average molecular weight is 500 g/mol. The first-order valence-corrected chi connectivity index (χ1v) is 11.0. The minimum atomic E-state index is -4.52. The summed E-state index contributed by atoms with van der Waals surface area (Å²) in [6.07, 6.45) is -4.04. The number of piperazine rings is 1. The van der Waals surface area contributed by atoms with Crippen LogP contribution in [0.15, 0.2) is 53.5 Å². The van der Waals surface area contributed by atoms with Gasteiger partial charge in [0.05, 0.1) is 12.6 Å². The van der Waals surface area contributed by atoms with Crippen LogP contribution < -0.4 is 5.32 Å². The maximum Gasteiger partial charge on any atom is 0.410 e. The van der Waals surface area contributed by atoms with Crippen molar-refractivity contribution in [1.29, 1.82) is 0 Å². The van der Waals surface area contributed by atoms with Gasteiger partial charge in [-0.3, -0.25) is 9.69 Å². The van der Waals surface area contributed by atoms with Gasteiger partial charge in [-0.1, -0.05) is 24.3 Å². The summed E-state index contributed by atoms with van der Waals surface area (Å²) in [4.78, 5) is 27.9. The van der Waals surface area contributed by atoms with E-state index in [-0.39, 0.29) is 26.1 Å². The minimum absolute atomic E-state index is 0.00803. The molecule has 0 bridgehead atoms. The lowest BCUT2D eigenvalue weighted by Crippen LogP contribution is -2.56. The number of rotatable bonds is 8. The number of halogens is 4. The van der Waals surface area contributed by atoms with Gasteiger partial charge in [0.1, 0.15) is 24.7 Å². The van der Waals surface area contributed by atoms with Crippen LogP contribution in [0.5, 0.6) is 0 Å². The first kappa shape index (κ1) is 25.6. The van der Waals surface area contributed by atoms with E-state index in [1.165, 1.54) is 11.0 Å². The van der Waals surface area contributed by atoms with Crippen molar-refractivity contribution in [2.24, 2.45) is 0 Å². The second-order valence-electron chi connectivity index (χ2n) is 7.82. The number of hydrogen-bond donors (Lipinski definition) is 1. The lowest BCUT2D eigenvalue weighted by Gasteiger charge is -2.40. The van der Waals surface area contributed by atoms with Gasteiger partial charge in [0.15, 0.2) is 0 Å². The molecule has 3 rings (SSSR count). The van der Waals surface area contributed by atoms with Gasteiger partial charge in [0.25, 0.3) is 0 Å². The molecule has 1 saturated heterocycles. The quantitative estimate of drug-likeness (QED) is 0.542. The summed E-state index contributed by atoms with van der Waals surface area (Å²) >= 11 is 5.92. The van der Waals surface area contributed by atoms with Crippen LogP contribution in [0.25, 0.3) is 11.3 Å². The second-order valence-corrected chi connectivity index (χ2v) is 8.25. The highest BCUT2D eigenvalue weighted by Gasteiger charge is 2.34. The molecule has 2 aromatic rings. The Morgan fingerprint density at radius 2 is 1.94 bits per heavy atom. The molecule has 1 atom stereocenters. The molecule has 1 aromatic carbocycles. The zero-order valence-corrected chi connectivity index (χ0v) is 19.1. The molecule has 11 heteroatoms. The summed E-state index contributed by atoms with van der Waals surface area (Å²) in [5, 5.41) is 2.47. The van der Waals surface area contributed by atoms with Crippen molar-refractivity contribution in [3.63, 3.8) is 0 Å². The number of furan rings is 1. The summed E-state index contributed by atoms with van der Waals surface area (Å²) in [5.74, 6) is 0.544. The number of alkyl halides is 3. The fourth-order valence-electron chi connectivity index (χ4n) is 3.63. The van der Waals surface area contributed by atoms with Crippen LogP contribution in [-0.4, -0.2) is 66.8 Å². The summed E-state index contributed by atoms with van der Waals surface area (Å²) in [6, 6.07) is 10.2. The summed E-state index contributed by atoms with van der Waals surface area (Å²) in [5.41, 5.74) is 0.865. The number of ether oxygens (including phenoxy) is 1. The van der Waals surface area contributed by atoms with Gasteiger partial charge in [0.2, 0.25) is 5.91 Å². The van der Waals surface area contributed by atoms with E-state index in [1.54, 1.807) is 12.1 Å². The highest BCUT2D eigenvalue weighted by Crippen LogP contribution is 2.25. The molecule has 184 valence electrons. The third-order valence-corrected chi connectivity index (χ3v) is 5.45. The van der Waals surface area contributed by atoms with Crippen LogP contribution in [0, 0.1) is 0 Å². The summed E-state index contributed by atoms with van der Waals surface area (Å²) in [7, 11) is 0. The molecular weight excluding hydrogens is 475 g/mol. The molecule has 0 spiro atoms. The molecule has 2 amide bonds. The molecule has 1 fully saturated rings. The van der Waals surface area contributed by atoms with Crippen molar-refractivity contribution in [1.82, 2.24) is 15.1 Å². The SMILES string of the molecule is C=CCOC(=O)N1CCN(Cc2ccc(-c3ccc(Cl)cc3)o2)C[C@H]1CC(=O)NCC(F)(F)F. The zero-order valence-electron chi connectivity index (χ0n) is 18.3. The van der Waals surface area contributed by atoms with Gasteiger partial charge >= 0.3 is 12.3 Å². The standard InChI is InChI=1S/C23H25ClF3N3O4/c1-2-11-33-22(32)30-10-9-29(13-18(30)12-21(31)28-15-23(25,26)27)14-19-7-8-20(34-19)16-3-5-17(24)6-4-16/h2-8,18H,1,9-15H2,(H,28,31)/t18-/m1/s1. The number of carbonyl (C=O) groups excluding carboxylic acids is 2. The number of hydrogen-bond acceptors (Lipinski definition) is 5. The third-order valence-electron chi connectivity index (χ3n) is 5.20. The van der Waals surface area contributed by atoms with Crippen LogP contribution in [-0.2, 0) is 16.1 Å². The van der Waals surface area contributed by atoms with E-state index in [1.807, 2.05) is 34.5 Å². The fraction of sp³-hybridized carbons (Fsp3) is 0.391. The Hall–Kier alpha value is -2.98. The summed E-state index contributed by atoms with van der Waals surface area (Å²) in [6.45, 7) is 3.44. The van der Waals surface area contributed by atoms with E-state index >= 15 is 0 Å². The molecule has 1 aromatic heterocycles. The average Bonchev–Trinajstić information content (AvgIpc) is 3.24. The lowest BCUT2D eigenvalue weighted by molar-refractivity contribution is -0.139. The van der Waals surface area contributed by atoms with Crippen molar-refractivity contribution in [3.8, 4) is 11.3 Å². The van der Waals surface area contributed by atoms with Crippen LogP contribution in [0.2, 0.25) is 5.02 Å². The monoisotopic (exact) mass is 499 g/mol. The van der Waals surface area contributed by atoms with Crippen LogP contribution >= 0.6 is 11.6 Å². The molecule has 0 saturated carbocycles. The maximum atomic E-state index is 12.5. The van der Waals surface area contributed by atoms with Crippen molar-refractivity contribution in [3.05, 3.63) is 59.8 Å². The number of benzene rings is 1. The van der Waals surface area contributed by atoms with Crippen LogP contribution in [0.4, 0.5) is 18.0 Å².